The van der Waals surface area contributed by atoms with Gasteiger partial charge in [-0.05, 0) is 19.1 Å². The number of rotatable bonds is 4. The molecule has 0 saturated heterocycles. The van der Waals surface area contributed by atoms with E-state index in [1.165, 1.54) is 17.7 Å². The van der Waals surface area contributed by atoms with Crippen LogP contribution in [0, 0.1) is 0 Å². The summed E-state index contributed by atoms with van der Waals surface area (Å²) in [7, 11) is 0. The molecule has 4 rings (SSSR count). The molecule has 4 aromatic rings. The second-order valence-corrected chi connectivity index (χ2v) is 6.11. The van der Waals surface area contributed by atoms with Gasteiger partial charge < -0.3 is 9.73 Å². The number of para-hydroxylation sites is 1. The predicted molar refractivity (Wildman–Crippen MR) is 89.6 cm³/mol. The van der Waals surface area contributed by atoms with Crippen LogP contribution in [0.5, 0.6) is 0 Å². The Hall–Kier alpha value is -3.00. The molecule has 0 unspecified atom stereocenters. The number of benzene rings is 1. The maximum atomic E-state index is 12.4. The van der Waals surface area contributed by atoms with Crippen LogP contribution in [0.4, 0.5) is 0 Å². The Morgan fingerprint density at radius 1 is 1.38 bits per heavy atom. The van der Waals surface area contributed by atoms with Crippen LogP contribution >= 0.6 is 11.3 Å². The van der Waals surface area contributed by atoms with E-state index in [2.05, 4.69) is 25.5 Å². The number of hydrogen-bond acceptors (Lipinski definition) is 6. The van der Waals surface area contributed by atoms with Crippen LogP contribution in [0.1, 0.15) is 29.2 Å². The molecule has 1 atom stereocenters. The smallest absolute Gasteiger partial charge is 0.271 e. The minimum absolute atomic E-state index is 0.259. The Balaban J connectivity index is 1.51. The molecule has 7 nitrogen and oxygen atoms in total. The standard InChI is InChI=1S/C16H13N5O2S/c1-9(13-6-10-4-2-3-5-12(10)23-13)19-15(22)11-7-24-16(20-11)14-17-8-18-21-14/h2-9H,1H3,(H,19,22)(H,17,18,21)/t9-/m0/s1. The monoisotopic (exact) mass is 339 g/mol. The van der Waals surface area contributed by atoms with Crippen molar-refractivity contribution in [1.29, 1.82) is 0 Å². The summed E-state index contributed by atoms with van der Waals surface area (Å²) in [5.74, 6) is 0.990. The first-order valence-electron chi connectivity index (χ1n) is 7.31. The Morgan fingerprint density at radius 2 is 2.25 bits per heavy atom. The van der Waals surface area contributed by atoms with E-state index in [1.807, 2.05) is 37.3 Å². The largest absolute Gasteiger partial charge is 0.459 e. The molecule has 0 spiro atoms. The molecule has 0 aliphatic carbocycles. The van der Waals surface area contributed by atoms with Gasteiger partial charge in [-0.25, -0.2) is 9.97 Å². The van der Waals surface area contributed by atoms with Crippen molar-refractivity contribution in [3.05, 3.63) is 53.5 Å². The van der Waals surface area contributed by atoms with Gasteiger partial charge in [0.1, 0.15) is 23.4 Å². The number of amides is 1. The molecule has 24 heavy (non-hydrogen) atoms. The predicted octanol–water partition coefficient (Wildman–Crippen LogP) is 3.17. The number of carbonyl (C=O) groups is 1. The number of fused-ring (bicyclic) bond motifs is 1. The number of nitrogens with zero attached hydrogens (tertiary/aromatic N) is 3. The number of carbonyl (C=O) groups excluding carboxylic acids is 1. The van der Waals surface area contributed by atoms with E-state index in [0.717, 1.165) is 11.0 Å². The molecule has 0 fully saturated rings. The van der Waals surface area contributed by atoms with Crippen molar-refractivity contribution in [1.82, 2.24) is 25.5 Å². The third kappa shape index (κ3) is 2.67. The molecule has 3 aromatic heterocycles. The number of aromatic amines is 1. The molecule has 0 aliphatic rings. The fourth-order valence-electron chi connectivity index (χ4n) is 2.35. The van der Waals surface area contributed by atoms with Gasteiger partial charge in [-0.1, -0.05) is 18.2 Å². The molecule has 1 amide bonds. The number of H-pyrrole nitrogens is 1. The van der Waals surface area contributed by atoms with E-state index in [9.17, 15) is 4.79 Å². The number of nitrogens with one attached hydrogen (secondary N) is 2. The highest BCUT2D eigenvalue weighted by Gasteiger charge is 2.18. The second-order valence-electron chi connectivity index (χ2n) is 5.25. The van der Waals surface area contributed by atoms with Crippen molar-refractivity contribution in [3.63, 3.8) is 0 Å². The molecule has 3 heterocycles. The lowest BCUT2D eigenvalue weighted by molar-refractivity contribution is 0.0931. The van der Waals surface area contributed by atoms with Crippen LogP contribution in [0.15, 0.2) is 46.5 Å². The normalized spacial score (nSPS) is 12.4. The zero-order valence-electron chi connectivity index (χ0n) is 12.7. The maximum Gasteiger partial charge on any atom is 0.271 e. The van der Waals surface area contributed by atoms with Gasteiger partial charge in [0, 0.05) is 10.8 Å². The van der Waals surface area contributed by atoms with Crippen LogP contribution in [0.25, 0.3) is 21.8 Å². The second kappa shape index (κ2) is 5.89. The third-order valence-electron chi connectivity index (χ3n) is 3.57. The molecule has 120 valence electrons. The van der Waals surface area contributed by atoms with E-state index in [1.54, 1.807) is 5.38 Å². The minimum atomic E-state index is -0.264. The Morgan fingerprint density at radius 3 is 3.04 bits per heavy atom. The van der Waals surface area contributed by atoms with Gasteiger partial charge in [0.25, 0.3) is 5.91 Å². The van der Waals surface area contributed by atoms with Crippen molar-refractivity contribution < 1.29 is 9.21 Å². The summed E-state index contributed by atoms with van der Waals surface area (Å²) >= 11 is 1.33. The molecule has 1 aromatic carbocycles. The van der Waals surface area contributed by atoms with Gasteiger partial charge >= 0.3 is 0 Å². The minimum Gasteiger partial charge on any atom is -0.459 e. The van der Waals surface area contributed by atoms with Crippen molar-refractivity contribution in [2.24, 2.45) is 0 Å². The van der Waals surface area contributed by atoms with E-state index in [4.69, 9.17) is 4.42 Å². The molecule has 0 radical (unpaired) electrons. The first-order valence-corrected chi connectivity index (χ1v) is 8.19. The first-order chi connectivity index (χ1) is 11.7. The topological polar surface area (TPSA) is 96.7 Å². The summed E-state index contributed by atoms with van der Waals surface area (Å²) in [4.78, 5) is 20.7. The summed E-state index contributed by atoms with van der Waals surface area (Å²) in [5, 5.41) is 12.7. The highest BCUT2D eigenvalue weighted by molar-refractivity contribution is 7.13. The van der Waals surface area contributed by atoms with E-state index >= 15 is 0 Å². The lowest BCUT2D eigenvalue weighted by Crippen LogP contribution is -2.26. The highest BCUT2D eigenvalue weighted by Crippen LogP contribution is 2.24. The molecule has 2 N–H and O–H groups in total. The SMILES string of the molecule is C[C@H](NC(=O)c1csc(-c2ncn[nH]2)n1)c1cc2ccccc2o1. The van der Waals surface area contributed by atoms with Crippen LogP contribution in [0.2, 0.25) is 0 Å². The van der Waals surface area contributed by atoms with Gasteiger partial charge in [-0.2, -0.15) is 5.10 Å². The molecule has 8 heteroatoms. The van der Waals surface area contributed by atoms with E-state index in [0.29, 0.717) is 22.3 Å². The lowest BCUT2D eigenvalue weighted by Gasteiger charge is -2.09. The fraction of sp³-hybridized carbons (Fsp3) is 0.125. The summed E-state index contributed by atoms with van der Waals surface area (Å²) < 4.78 is 5.77. The summed E-state index contributed by atoms with van der Waals surface area (Å²) in [6.45, 7) is 1.87. The first kappa shape index (κ1) is 14.6. The zero-order valence-corrected chi connectivity index (χ0v) is 13.5. The Kier molecular flexibility index (Phi) is 3.58. The van der Waals surface area contributed by atoms with Crippen molar-refractivity contribution in [2.45, 2.75) is 13.0 Å². The summed E-state index contributed by atoms with van der Waals surface area (Å²) in [6.07, 6.45) is 1.40. The third-order valence-corrected chi connectivity index (χ3v) is 4.42. The van der Waals surface area contributed by atoms with Crippen LogP contribution in [-0.2, 0) is 0 Å². The van der Waals surface area contributed by atoms with Gasteiger partial charge in [-0.15, -0.1) is 11.3 Å². The Labute approximate surface area is 140 Å². The number of furan rings is 1. The molecule has 0 bridgehead atoms. The van der Waals surface area contributed by atoms with Crippen LogP contribution < -0.4 is 5.32 Å². The molecule has 0 aliphatic heterocycles. The number of thiazole rings is 1. The fourth-order valence-corrected chi connectivity index (χ4v) is 3.10. The van der Waals surface area contributed by atoms with Crippen LogP contribution in [-0.4, -0.2) is 26.1 Å². The Bertz CT molecular complexity index is 956. The molecule has 0 saturated carbocycles. The quantitative estimate of drug-likeness (QED) is 0.595. The van der Waals surface area contributed by atoms with Crippen LogP contribution in [0.3, 0.4) is 0 Å². The van der Waals surface area contributed by atoms with Gasteiger partial charge in [0.15, 0.2) is 10.8 Å². The van der Waals surface area contributed by atoms with Gasteiger partial charge in [0.05, 0.1) is 6.04 Å². The lowest BCUT2D eigenvalue weighted by atomic mass is 10.2. The van der Waals surface area contributed by atoms with Gasteiger partial charge in [0.2, 0.25) is 0 Å². The number of hydrogen-bond donors (Lipinski definition) is 2. The van der Waals surface area contributed by atoms with Crippen molar-refractivity contribution >= 4 is 28.2 Å². The average Bonchev–Trinajstić information content (AvgIpc) is 3.32. The zero-order chi connectivity index (χ0) is 16.5. The maximum absolute atomic E-state index is 12.4. The molecular formula is C16H13N5O2S. The average molecular weight is 339 g/mol. The molecular weight excluding hydrogens is 326 g/mol. The van der Waals surface area contributed by atoms with Crippen molar-refractivity contribution in [2.75, 3.05) is 0 Å². The summed E-state index contributed by atoms with van der Waals surface area (Å²) in [6, 6.07) is 9.41. The van der Waals surface area contributed by atoms with Crippen molar-refractivity contribution in [3.8, 4) is 10.8 Å². The van der Waals surface area contributed by atoms with E-state index in [-0.39, 0.29) is 11.9 Å². The van der Waals surface area contributed by atoms with Gasteiger partial charge in [-0.3, -0.25) is 9.89 Å². The highest BCUT2D eigenvalue weighted by atomic mass is 32.1. The van der Waals surface area contributed by atoms with E-state index < -0.39 is 0 Å². The summed E-state index contributed by atoms with van der Waals surface area (Å²) in [5.41, 5.74) is 1.14. The number of aromatic nitrogens is 4.